The van der Waals surface area contributed by atoms with Crippen LogP contribution in [0.1, 0.15) is 18.4 Å². The van der Waals surface area contributed by atoms with Gasteiger partial charge in [0.1, 0.15) is 5.82 Å². The van der Waals surface area contributed by atoms with Gasteiger partial charge in [-0.25, -0.2) is 4.98 Å². The van der Waals surface area contributed by atoms with Gasteiger partial charge in [-0.05, 0) is 13.0 Å². The number of allylic oxidation sites excluding steroid dienone is 1. The van der Waals surface area contributed by atoms with Crippen molar-refractivity contribution in [1.29, 1.82) is 0 Å². The van der Waals surface area contributed by atoms with Gasteiger partial charge in [0.2, 0.25) is 0 Å². The Balaban J connectivity index is 3.27. The summed E-state index contributed by atoms with van der Waals surface area (Å²) in [6.07, 6.45) is -2.28. The summed E-state index contributed by atoms with van der Waals surface area (Å²) in [6, 6.07) is 0. The Labute approximate surface area is 79.4 Å². The maximum Gasteiger partial charge on any atom is 0.434 e. The van der Waals surface area contributed by atoms with E-state index in [0.29, 0.717) is 5.70 Å². The van der Waals surface area contributed by atoms with Crippen molar-refractivity contribution in [3.05, 3.63) is 30.9 Å². The van der Waals surface area contributed by atoms with E-state index in [1.165, 1.54) is 10.6 Å². The molecule has 0 amide bonds. The molecular weight excluding hydrogens is 193 g/mol. The Hall–Kier alpha value is -1.52. The molecule has 1 aromatic rings. The molecule has 76 valence electrons. The highest BCUT2D eigenvalue weighted by atomic mass is 19.4. The zero-order chi connectivity index (χ0) is 10.9. The molecule has 14 heavy (non-hydrogen) atoms. The van der Waals surface area contributed by atoms with Crippen LogP contribution in [0.3, 0.4) is 0 Å². The molecule has 0 aliphatic heterocycles. The van der Waals surface area contributed by atoms with Gasteiger partial charge in [0.05, 0.1) is 0 Å². The van der Waals surface area contributed by atoms with Crippen LogP contribution in [-0.4, -0.2) is 9.55 Å². The summed E-state index contributed by atoms with van der Waals surface area (Å²) in [6.45, 7) is 8.51. The summed E-state index contributed by atoms with van der Waals surface area (Å²) in [4.78, 5) is 3.38. The maximum atomic E-state index is 12.2. The van der Waals surface area contributed by atoms with E-state index in [1.54, 1.807) is 6.92 Å². The van der Waals surface area contributed by atoms with E-state index in [2.05, 4.69) is 18.1 Å². The first-order chi connectivity index (χ1) is 6.36. The number of halogens is 3. The molecule has 0 bridgehead atoms. The largest absolute Gasteiger partial charge is 0.434 e. The lowest BCUT2D eigenvalue weighted by molar-refractivity contribution is -0.140. The van der Waals surface area contributed by atoms with Crippen LogP contribution in [0.2, 0.25) is 0 Å². The first kappa shape index (κ1) is 10.6. The predicted octanol–water partition coefficient (Wildman–Crippen LogP) is 3.04. The van der Waals surface area contributed by atoms with Crippen molar-refractivity contribution >= 4 is 11.8 Å². The molecule has 5 heteroatoms. The lowest BCUT2D eigenvalue weighted by atomic mass is 10.4. The number of aromatic nitrogens is 2. The Bertz CT molecular complexity index is 374. The van der Waals surface area contributed by atoms with Crippen LogP contribution in [0, 0.1) is 0 Å². The summed E-state index contributed by atoms with van der Waals surface area (Å²) in [5.74, 6) is 0.143. The standard InChI is InChI=1S/C9H9F3N2/c1-4-8-13-7(9(10,11)12)5-14(8)6(2)3/h4-5H,1-2H2,3H3. The third-order valence-electron chi connectivity index (χ3n) is 1.62. The number of hydrogen-bond acceptors (Lipinski definition) is 1. The van der Waals surface area contributed by atoms with E-state index in [4.69, 9.17) is 0 Å². The van der Waals surface area contributed by atoms with Crippen LogP contribution in [0.25, 0.3) is 11.8 Å². The second-order valence-corrected chi connectivity index (χ2v) is 2.79. The molecule has 0 aliphatic rings. The number of imidazole rings is 1. The number of nitrogens with zero attached hydrogens (tertiary/aromatic N) is 2. The minimum Gasteiger partial charge on any atom is -0.304 e. The first-order valence-electron chi connectivity index (χ1n) is 3.81. The first-order valence-corrected chi connectivity index (χ1v) is 3.81. The summed E-state index contributed by atoms with van der Waals surface area (Å²) >= 11 is 0. The fourth-order valence-corrected chi connectivity index (χ4v) is 0.981. The summed E-state index contributed by atoms with van der Waals surface area (Å²) in [5, 5.41) is 0. The Morgan fingerprint density at radius 3 is 2.43 bits per heavy atom. The minimum atomic E-state index is -4.43. The number of alkyl halides is 3. The number of rotatable bonds is 2. The average Bonchev–Trinajstić information content (AvgIpc) is 2.45. The SMILES string of the molecule is C=Cc1nc(C(F)(F)F)cn1C(=C)C. The molecule has 0 N–H and O–H groups in total. The molecule has 2 nitrogen and oxygen atoms in total. The highest BCUT2D eigenvalue weighted by Gasteiger charge is 2.34. The Morgan fingerprint density at radius 2 is 2.14 bits per heavy atom. The van der Waals surface area contributed by atoms with Crippen molar-refractivity contribution in [2.75, 3.05) is 0 Å². The van der Waals surface area contributed by atoms with Gasteiger partial charge >= 0.3 is 6.18 Å². The highest BCUT2D eigenvalue weighted by molar-refractivity contribution is 5.49. The van der Waals surface area contributed by atoms with Crippen LogP contribution in [0.4, 0.5) is 13.2 Å². The summed E-state index contributed by atoms with van der Waals surface area (Å²) < 4.78 is 38.0. The average molecular weight is 202 g/mol. The van der Waals surface area contributed by atoms with Gasteiger partial charge in [-0.15, -0.1) is 0 Å². The molecule has 0 saturated heterocycles. The van der Waals surface area contributed by atoms with Gasteiger partial charge in [-0.3, -0.25) is 0 Å². The van der Waals surface area contributed by atoms with E-state index < -0.39 is 11.9 Å². The smallest absolute Gasteiger partial charge is 0.304 e. The van der Waals surface area contributed by atoms with Gasteiger partial charge in [-0.1, -0.05) is 13.2 Å². The molecule has 0 aromatic carbocycles. The second-order valence-electron chi connectivity index (χ2n) is 2.79. The van der Waals surface area contributed by atoms with Crippen molar-refractivity contribution in [3.8, 4) is 0 Å². The van der Waals surface area contributed by atoms with Crippen molar-refractivity contribution in [2.24, 2.45) is 0 Å². The molecular formula is C9H9F3N2. The zero-order valence-corrected chi connectivity index (χ0v) is 7.60. The molecule has 0 saturated carbocycles. The number of hydrogen-bond donors (Lipinski definition) is 0. The Kier molecular flexibility index (Phi) is 2.51. The normalized spacial score (nSPS) is 11.4. The van der Waals surface area contributed by atoms with Crippen LogP contribution in [-0.2, 0) is 6.18 Å². The monoisotopic (exact) mass is 202 g/mol. The molecule has 0 aliphatic carbocycles. The predicted molar refractivity (Wildman–Crippen MR) is 48.3 cm³/mol. The van der Waals surface area contributed by atoms with E-state index >= 15 is 0 Å². The topological polar surface area (TPSA) is 17.8 Å². The van der Waals surface area contributed by atoms with Crippen molar-refractivity contribution in [3.63, 3.8) is 0 Å². The third kappa shape index (κ3) is 1.86. The summed E-state index contributed by atoms with van der Waals surface area (Å²) in [7, 11) is 0. The van der Waals surface area contributed by atoms with Crippen molar-refractivity contribution < 1.29 is 13.2 Å². The van der Waals surface area contributed by atoms with Crippen molar-refractivity contribution in [2.45, 2.75) is 13.1 Å². The summed E-state index contributed by atoms with van der Waals surface area (Å²) in [5.41, 5.74) is -0.474. The lowest BCUT2D eigenvalue weighted by Gasteiger charge is -2.01. The van der Waals surface area contributed by atoms with Gasteiger partial charge in [0.15, 0.2) is 5.69 Å². The highest BCUT2D eigenvalue weighted by Crippen LogP contribution is 2.29. The fourth-order valence-electron chi connectivity index (χ4n) is 0.981. The quantitative estimate of drug-likeness (QED) is 0.720. The molecule has 1 heterocycles. The van der Waals surface area contributed by atoms with E-state index in [-0.39, 0.29) is 5.82 Å². The van der Waals surface area contributed by atoms with Crippen LogP contribution in [0.5, 0.6) is 0 Å². The Morgan fingerprint density at radius 1 is 1.57 bits per heavy atom. The molecule has 1 rings (SSSR count). The maximum absolute atomic E-state index is 12.2. The van der Waals surface area contributed by atoms with Crippen LogP contribution >= 0.6 is 0 Å². The zero-order valence-electron chi connectivity index (χ0n) is 7.60. The van der Waals surface area contributed by atoms with Gasteiger partial charge in [0.25, 0.3) is 0 Å². The molecule has 1 aromatic heterocycles. The molecule has 0 fully saturated rings. The van der Waals surface area contributed by atoms with E-state index in [1.807, 2.05) is 0 Å². The van der Waals surface area contributed by atoms with E-state index in [0.717, 1.165) is 6.20 Å². The second kappa shape index (κ2) is 3.32. The van der Waals surface area contributed by atoms with E-state index in [9.17, 15) is 13.2 Å². The molecule has 0 atom stereocenters. The molecule has 0 unspecified atom stereocenters. The van der Waals surface area contributed by atoms with Crippen LogP contribution in [0.15, 0.2) is 19.4 Å². The third-order valence-corrected chi connectivity index (χ3v) is 1.62. The van der Waals surface area contributed by atoms with Gasteiger partial charge in [-0.2, -0.15) is 13.2 Å². The van der Waals surface area contributed by atoms with Crippen LogP contribution < -0.4 is 0 Å². The minimum absolute atomic E-state index is 0.143. The fraction of sp³-hybridized carbons (Fsp3) is 0.222. The molecule has 0 radical (unpaired) electrons. The van der Waals surface area contributed by atoms with Gasteiger partial charge < -0.3 is 4.57 Å². The lowest BCUT2D eigenvalue weighted by Crippen LogP contribution is -2.04. The van der Waals surface area contributed by atoms with Crippen molar-refractivity contribution in [1.82, 2.24) is 9.55 Å². The molecule has 0 spiro atoms. The van der Waals surface area contributed by atoms with Gasteiger partial charge in [0, 0.05) is 11.9 Å².